The van der Waals surface area contributed by atoms with Crippen molar-refractivity contribution in [1.82, 2.24) is 10.5 Å². The summed E-state index contributed by atoms with van der Waals surface area (Å²) in [4.78, 5) is 0. The lowest BCUT2D eigenvalue weighted by Gasteiger charge is -2.12. The predicted octanol–water partition coefficient (Wildman–Crippen LogP) is 1.57. The number of nitrogens with one attached hydrogen (secondary N) is 1. The maximum atomic E-state index is 5.88. The van der Waals surface area contributed by atoms with Crippen molar-refractivity contribution in [3.8, 4) is 5.75 Å². The smallest absolute Gasteiger partial charge is 0.170 e. The van der Waals surface area contributed by atoms with Crippen LogP contribution in [0.15, 0.2) is 28.9 Å². The van der Waals surface area contributed by atoms with Crippen LogP contribution in [0.5, 0.6) is 5.75 Å². The molecule has 0 radical (unpaired) electrons. The first kappa shape index (κ1) is 8.73. The lowest BCUT2D eigenvalue weighted by atomic mass is 10.2. The Morgan fingerprint density at radius 2 is 2.47 bits per heavy atom. The van der Waals surface area contributed by atoms with Gasteiger partial charge in [-0.3, -0.25) is 0 Å². The Morgan fingerprint density at radius 1 is 1.47 bits per heavy atom. The van der Waals surface area contributed by atoms with Gasteiger partial charge in [-0.05, 0) is 25.1 Å². The van der Waals surface area contributed by atoms with E-state index in [0.29, 0.717) is 0 Å². The SMILES string of the molecule is c1cc(OC2CCNC2)c2cnoc2c1. The van der Waals surface area contributed by atoms with E-state index in [1.807, 2.05) is 18.2 Å². The molecule has 1 N–H and O–H groups in total. The molecule has 4 heteroatoms. The average Bonchev–Trinajstić information content (AvgIpc) is 2.87. The summed E-state index contributed by atoms with van der Waals surface area (Å²) in [5.74, 6) is 0.863. The van der Waals surface area contributed by atoms with Crippen LogP contribution in [0.25, 0.3) is 11.0 Å². The number of nitrogens with zero attached hydrogens (tertiary/aromatic N) is 1. The molecule has 1 aromatic carbocycles. The van der Waals surface area contributed by atoms with E-state index in [2.05, 4.69) is 10.5 Å². The highest BCUT2D eigenvalue weighted by atomic mass is 16.5. The van der Waals surface area contributed by atoms with Gasteiger partial charge in [0.25, 0.3) is 0 Å². The van der Waals surface area contributed by atoms with E-state index in [1.165, 1.54) is 0 Å². The maximum absolute atomic E-state index is 5.88. The van der Waals surface area contributed by atoms with Crippen molar-refractivity contribution in [2.45, 2.75) is 12.5 Å². The molecule has 1 fully saturated rings. The molecule has 78 valence electrons. The van der Waals surface area contributed by atoms with E-state index in [4.69, 9.17) is 9.26 Å². The zero-order valence-electron chi connectivity index (χ0n) is 8.27. The van der Waals surface area contributed by atoms with Crippen LogP contribution in [0, 0.1) is 0 Å². The number of aromatic nitrogens is 1. The van der Waals surface area contributed by atoms with Gasteiger partial charge in [-0.2, -0.15) is 0 Å². The van der Waals surface area contributed by atoms with Crippen molar-refractivity contribution < 1.29 is 9.26 Å². The summed E-state index contributed by atoms with van der Waals surface area (Å²) in [6.45, 7) is 1.95. The number of fused-ring (bicyclic) bond motifs is 1. The standard InChI is InChI=1S/C11H12N2O2/c1-2-10(14-8-4-5-12-6-8)9-7-13-15-11(9)3-1/h1-3,7-8,12H,4-6H2. The van der Waals surface area contributed by atoms with Gasteiger partial charge in [-0.1, -0.05) is 11.2 Å². The first-order valence-electron chi connectivity index (χ1n) is 5.14. The number of ether oxygens (including phenoxy) is 1. The van der Waals surface area contributed by atoms with E-state index in [1.54, 1.807) is 6.20 Å². The fourth-order valence-corrected chi connectivity index (χ4v) is 1.88. The number of benzene rings is 1. The third kappa shape index (κ3) is 1.57. The molecule has 0 bridgehead atoms. The van der Waals surface area contributed by atoms with Gasteiger partial charge >= 0.3 is 0 Å². The summed E-state index contributed by atoms with van der Waals surface area (Å²) in [5, 5.41) is 7.98. The normalized spacial score (nSPS) is 20.9. The highest BCUT2D eigenvalue weighted by molar-refractivity contribution is 5.82. The zero-order chi connectivity index (χ0) is 10.1. The Bertz CT molecular complexity index is 460. The zero-order valence-corrected chi connectivity index (χ0v) is 8.27. The molecule has 1 saturated heterocycles. The molecule has 0 aliphatic carbocycles. The Kier molecular flexibility index (Phi) is 2.07. The molecule has 3 rings (SSSR count). The van der Waals surface area contributed by atoms with Crippen LogP contribution in [-0.2, 0) is 0 Å². The molecule has 15 heavy (non-hydrogen) atoms. The van der Waals surface area contributed by atoms with Crippen molar-refractivity contribution in [2.24, 2.45) is 0 Å². The fraction of sp³-hybridized carbons (Fsp3) is 0.364. The monoisotopic (exact) mass is 204 g/mol. The number of rotatable bonds is 2. The molecular weight excluding hydrogens is 192 g/mol. The average molecular weight is 204 g/mol. The van der Waals surface area contributed by atoms with Gasteiger partial charge in [0.1, 0.15) is 11.9 Å². The van der Waals surface area contributed by atoms with Crippen LogP contribution in [0.1, 0.15) is 6.42 Å². The third-order valence-corrected chi connectivity index (χ3v) is 2.67. The minimum absolute atomic E-state index is 0.269. The van der Waals surface area contributed by atoms with E-state index in [-0.39, 0.29) is 6.10 Å². The maximum Gasteiger partial charge on any atom is 0.170 e. The lowest BCUT2D eigenvalue weighted by Crippen LogP contribution is -2.19. The van der Waals surface area contributed by atoms with E-state index in [0.717, 1.165) is 36.2 Å². The van der Waals surface area contributed by atoms with Crippen LogP contribution in [-0.4, -0.2) is 24.4 Å². The van der Waals surface area contributed by atoms with Gasteiger partial charge in [-0.15, -0.1) is 0 Å². The van der Waals surface area contributed by atoms with Crippen molar-refractivity contribution in [2.75, 3.05) is 13.1 Å². The Labute approximate surface area is 87.2 Å². The fourth-order valence-electron chi connectivity index (χ4n) is 1.88. The molecular formula is C11H12N2O2. The Morgan fingerprint density at radius 3 is 3.33 bits per heavy atom. The summed E-state index contributed by atoms with van der Waals surface area (Å²) < 4.78 is 11.0. The summed E-state index contributed by atoms with van der Waals surface area (Å²) in [6.07, 6.45) is 3.03. The topological polar surface area (TPSA) is 47.3 Å². The minimum Gasteiger partial charge on any atom is -0.488 e. The van der Waals surface area contributed by atoms with Crippen LogP contribution < -0.4 is 10.1 Å². The second-order valence-corrected chi connectivity index (χ2v) is 3.73. The summed E-state index contributed by atoms with van der Waals surface area (Å²) in [6, 6.07) is 5.77. The van der Waals surface area contributed by atoms with Gasteiger partial charge in [-0.25, -0.2) is 0 Å². The molecule has 1 aliphatic heterocycles. The van der Waals surface area contributed by atoms with Crippen molar-refractivity contribution in [3.05, 3.63) is 24.4 Å². The van der Waals surface area contributed by atoms with Crippen LogP contribution in [0.3, 0.4) is 0 Å². The van der Waals surface area contributed by atoms with E-state index >= 15 is 0 Å². The van der Waals surface area contributed by atoms with E-state index in [9.17, 15) is 0 Å². The number of hydrogen-bond acceptors (Lipinski definition) is 4. The van der Waals surface area contributed by atoms with E-state index < -0.39 is 0 Å². The quantitative estimate of drug-likeness (QED) is 0.806. The molecule has 2 aromatic rings. The second kappa shape index (κ2) is 3.55. The van der Waals surface area contributed by atoms with Crippen molar-refractivity contribution >= 4 is 11.0 Å². The molecule has 1 aliphatic rings. The molecule has 1 atom stereocenters. The molecule has 1 aromatic heterocycles. The highest BCUT2D eigenvalue weighted by Crippen LogP contribution is 2.26. The summed E-state index contributed by atoms with van der Waals surface area (Å²) in [5.41, 5.74) is 0.776. The summed E-state index contributed by atoms with van der Waals surface area (Å²) >= 11 is 0. The molecule has 0 amide bonds. The lowest BCUT2D eigenvalue weighted by molar-refractivity contribution is 0.226. The van der Waals surface area contributed by atoms with Crippen LogP contribution >= 0.6 is 0 Å². The van der Waals surface area contributed by atoms with Crippen molar-refractivity contribution in [3.63, 3.8) is 0 Å². The second-order valence-electron chi connectivity index (χ2n) is 3.73. The van der Waals surface area contributed by atoms with Crippen molar-refractivity contribution in [1.29, 1.82) is 0 Å². The molecule has 4 nitrogen and oxygen atoms in total. The van der Waals surface area contributed by atoms with Gasteiger partial charge in [0, 0.05) is 6.54 Å². The Hall–Kier alpha value is -1.55. The molecule has 1 unspecified atom stereocenters. The molecule has 0 spiro atoms. The van der Waals surface area contributed by atoms with Crippen LogP contribution in [0.4, 0.5) is 0 Å². The largest absolute Gasteiger partial charge is 0.488 e. The third-order valence-electron chi connectivity index (χ3n) is 2.67. The van der Waals surface area contributed by atoms with Crippen LogP contribution in [0.2, 0.25) is 0 Å². The first-order valence-corrected chi connectivity index (χ1v) is 5.14. The molecule has 0 saturated carbocycles. The first-order chi connectivity index (χ1) is 7.43. The summed E-state index contributed by atoms with van der Waals surface area (Å²) in [7, 11) is 0. The minimum atomic E-state index is 0.269. The van der Waals surface area contributed by atoms with Gasteiger partial charge in [0.05, 0.1) is 11.6 Å². The predicted molar refractivity (Wildman–Crippen MR) is 55.9 cm³/mol. The van der Waals surface area contributed by atoms with Gasteiger partial charge in [0.15, 0.2) is 5.58 Å². The Balaban J connectivity index is 1.92. The molecule has 2 heterocycles. The van der Waals surface area contributed by atoms with Gasteiger partial charge in [0.2, 0.25) is 0 Å². The van der Waals surface area contributed by atoms with Gasteiger partial charge < -0.3 is 14.6 Å². The number of hydrogen-bond donors (Lipinski definition) is 1. The highest BCUT2D eigenvalue weighted by Gasteiger charge is 2.17.